The highest BCUT2D eigenvalue weighted by Crippen LogP contribution is 2.37. The van der Waals surface area contributed by atoms with Crippen LogP contribution in [0.4, 0.5) is 0 Å². The van der Waals surface area contributed by atoms with Crippen LogP contribution in [0.15, 0.2) is 42.9 Å². The van der Waals surface area contributed by atoms with Gasteiger partial charge < -0.3 is 9.47 Å². The van der Waals surface area contributed by atoms with Gasteiger partial charge in [-0.1, -0.05) is 82.2 Å². The Hall–Kier alpha value is -1.44. The van der Waals surface area contributed by atoms with Crippen molar-refractivity contribution in [1.82, 2.24) is 0 Å². The standard InChI is InChI=1S/C19H28O2/c1-2-3-4-5-6-7-8-12-15-19(20-16-17-21-19)18-13-10-9-11-14-18/h9-11,13-14,16-17H,2-8,12,15H2,1H3. The molecule has 0 radical (unpaired) electrons. The van der Waals surface area contributed by atoms with Crippen molar-refractivity contribution in [3.8, 4) is 0 Å². The van der Waals surface area contributed by atoms with Gasteiger partial charge >= 0.3 is 0 Å². The van der Waals surface area contributed by atoms with Crippen LogP contribution in [-0.4, -0.2) is 0 Å². The van der Waals surface area contributed by atoms with Crippen LogP contribution in [0.3, 0.4) is 0 Å². The molecule has 0 spiro atoms. The quantitative estimate of drug-likeness (QED) is 0.500. The summed E-state index contributed by atoms with van der Waals surface area (Å²) in [5.74, 6) is -0.580. The lowest BCUT2D eigenvalue weighted by molar-refractivity contribution is -0.156. The second kappa shape index (κ2) is 8.76. The topological polar surface area (TPSA) is 18.5 Å². The van der Waals surface area contributed by atoms with Gasteiger partial charge in [0.15, 0.2) is 0 Å². The number of benzene rings is 1. The molecule has 0 N–H and O–H groups in total. The molecule has 0 aliphatic carbocycles. The third kappa shape index (κ3) is 4.80. The maximum Gasteiger partial charge on any atom is 0.276 e. The molecular weight excluding hydrogens is 260 g/mol. The van der Waals surface area contributed by atoms with Gasteiger partial charge in [0.2, 0.25) is 0 Å². The van der Waals surface area contributed by atoms with Gasteiger partial charge in [0, 0.05) is 12.0 Å². The number of unbranched alkanes of at least 4 members (excludes halogenated alkanes) is 7. The molecule has 1 aromatic rings. The van der Waals surface area contributed by atoms with Crippen molar-refractivity contribution in [3.63, 3.8) is 0 Å². The predicted molar refractivity (Wildman–Crippen MR) is 86.7 cm³/mol. The smallest absolute Gasteiger partial charge is 0.276 e. The molecule has 1 aromatic carbocycles. The van der Waals surface area contributed by atoms with Gasteiger partial charge in [-0.2, -0.15) is 0 Å². The minimum Gasteiger partial charge on any atom is -0.453 e. The van der Waals surface area contributed by atoms with Crippen molar-refractivity contribution >= 4 is 0 Å². The molecule has 0 unspecified atom stereocenters. The Bertz CT molecular complexity index is 403. The van der Waals surface area contributed by atoms with Gasteiger partial charge in [-0.05, 0) is 6.42 Å². The van der Waals surface area contributed by atoms with E-state index < -0.39 is 5.79 Å². The van der Waals surface area contributed by atoms with Gasteiger partial charge in [0.1, 0.15) is 12.5 Å². The zero-order valence-corrected chi connectivity index (χ0v) is 13.2. The van der Waals surface area contributed by atoms with Gasteiger partial charge in [-0.25, -0.2) is 0 Å². The fourth-order valence-corrected chi connectivity index (χ4v) is 2.89. The SMILES string of the molecule is CCCCCCCCCCC1(c2ccccc2)OC=CO1. The zero-order chi connectivity index (χ0) is 14.8. The second-order valence-electron chi connectivity index (χ2n) is 5.85. The minimum absolute atomic E-state index is 0.580. The molecule has 0 saturated heterocycles. The van der Waals surface area contributed by atoms with E-state index in [9.17, 15) is 0 Å². The average molecular weight is 288 g/mol. The molecule has 0 amide bonds. The third-order valence-corrected chi connectivity index (χ3v) is 4.15. The lowest BCUT2D eigenvalue weighted by atomic mass is 9.98. The van der Waals surface area contributed by atoms with E-state index in [2.05, 4.69) is 19.1 Å². The molecule has 1 aliphatic heterocycles. The fourth-order valence-electron chi connectivity index (χ4n) is 2.89. The van der Waals surface area contributed by atoms with Crippen LogP contribution < -0.4 is 0 Å². The molecule has 2 nitrogen and oxygen atoms in total. The Kier molecular flexibility index (Phi) is 6.65. The lowest BCUT2D eigenvalue weighted by Gasteiger charge is -2.28. The molecule has 0 fully saturated rings. The van der Waals surface area contributed by atoms with Crippen molar-refractivity contribution in [3.05, 3.63) is 48.4 Å². The largest absolute Gasteiger partial charge is 0.453 e. The molecular formula is C19H28O2. The van der Waals surface area contributed by atoms with E-state index >= 15 is 0 Å². The summed E-state index contributed by atoms with van der Waals surface area (Å²) in [5.41, 5.74) is 1.11. The summed E-state index contributed by atoms with van der Waals surface area (Å²) in [6.45, 7) is 2.26. The highest BCUT2D eigenvalue weighted by Gasteiger charge is 2.37. The monoisotopic (exact) mass is 288 g/mol. The normalized spacial score (nSPS) is 15.7. The highest BCUT2D eigenvalue weighted by molar-refractivity contribution is 5.21. The Morgan fingerprint density at radius 2 is 1.33 bits per heavy atom. The first kappa shape index (κ1) is 15.9. The fraction of sp³-hybridized carbons (Fsp3) is 0.579. The molecule has 0 saturated carbocycles. The Balaban J connectivity index is 1.70. The van der Waals surface area contributed by atoms with E-state index in [1.54, 1.807) is 12.5 Å². The maximum atomic E-state index is 5.78. The first-order valence-electron chi connectivity index (χ1n) is 8.43. The molecule has 116 valence electrons. The minimum atomic E-state index is -0.580. The van der Waals surface area contributed by atoms with Crippen molar-refractivity contribution in [2.45, 2.75) is 70.5 Å². The van der Waals surface area contributed by atoms with E-state index in [4.69, 9.17) is 9.47 Å². The van der Waals surface area contributed by atoms with Crippen molar-refractivity contribution in [2.24, 2.45) is 0 Å². The summed E-state index contributed by atoms with van der Waals surface area (Å²) >= 11 is 0. The van der Waals surface area contributed by atoms with Gasteiger partial charge in [-0.3, -0.25) is 0 Å². The average Bonchev–Trinajstić information content (AvgIpc) is 3.01. The predicted octanol–water partition coefficient (Wildman–Crippen LogP) is 5.89. The van der Waals surface area contributed by atoms with Crippen molar-refractivity contribution < 1.29 is 9.47 Å². The van der Waals surface area contributed by atoms with Crippen LogP contribution >= 0.6 is 0 Å². The molecule has 21 heavy (non-hydrogen) atoms. The number of hydrogen-bond acceptors (Lipinski definition) is 2. The van der Waals surface area contributed by atoms with E-state index in [1.165, 1.54) is 44.9 Å². The first-order chi connectivity index (χ1) is 10.4. The molecule has 0 atom stereocenters. The van der Waals surface area contributed by atoms with Crippen molar-refractivity contribution in [2.75, 3.05) is 0 Å². The highest BCUT2D eigenvalue weighted by atomic mass is 16.7. The summed E-state index contributed by atoms with van der Waals surface area (Å²) < 4.78 is 11.6. The molecule has 0 bridgehead atoms. The molecule has 1 aliphatic rings. The van der Waals surface area contributed by atoms with Crippen LogP contribution in [0.5, 0.6) is 0 Å². The molecule has 1 heterocycles. The van der Waals surface area contributed by atoms with Gasteiger partial charge in [-0.15, -0.1) is 0 Å². The molecule has 2 heteroatoms. The van der Waals surface area contributed by atoms with Crippen LogP contribution in [0, 0.1) is 0 Å². The summed E-state index contributed by atoms with van der Waals surface area (Å²) in [5, 5.41) is 0. The Morgan fingerprint density at radius 1 is 0.762 bits per heavy atom. The van der Waals surface area contributed by atoms with Gasteiger partial charge in [0.25, 0.3) is 5.79 Å². The number of ether oxygens (including phenoxy) is 2. The zero-order valence-electron chi connectivity index (χ0n) is 13.2. The third-order valence-electron chi connectivity index (χ3n) is 4.15. The van der Waals surface area contributed by atoms with Crippen LogP contribution in [-0.2, 0) is 15.3 Å². The summed E-state index contributed by atoms with van der Waals surface area (Å²) in [4.78, 5) is 0. The number of hydrogen-bond donors (Lipinski definition) is 0. The van der Waals surface area contributed by atoms with Crippen molar-refractivity contribution in [1.29, 1.82) is 0 Å². The van der Waals surface area contributed by atoms with E-state index in [0.717, 1.165) is 18.4 Å². The van der Waals surface area contributed by atoms with Gasteiger partial charge in [0.05, 0.1) is 0 Å². The summed E-state index contributed by atoms with van der Waals surface area (Å²) in [6.07, 6.45) is 14.8. The Labute approximate surface area is 129 Å². The first-order valence-corrected chi connectivity index (χ1v) is 8.43. The van der Waals surface area contributed by atoms with E-state index in [-0.39, 0.29) is 0 Å². The molecule has 2 rings (SSSR count). The molecule has 0 aromatic heterocycles. The van der Waals surface area contributed by atoms with Crippen LogP contribution in [0.2, 0.25) is 0 Å². The van der Waals surface area contributed by atoms with Crippen LogP contribution in [0.25, 0.3) is 0 Å². The van der Waals surface area contributed by atoms with Crippen LogP contribution in [0.1, 0.15) is 70.3 Å². The Morgan fingerprint density at radius 3 is 1.95 bits per heavy atom. The van der Waals surface area contributed by atoms with E-state index in [1.807, 2.05) is 18.2 Å². The number of rotatable bonds is 10. The summed E-state index contributed by atoms with van der Waals surface area (Å²) in [6, 6.07) is 10.3. The van der Waals surface area contributed by atoms with E-state index in [0.29, 0.717) is 0 Å². The second-order valence-corrected chi connectivity index (χ2v) is 5.85. The lowest BCUT2D eigenvalue weighted by Crippen LogP contribution is -2.26. The summed E-state index contributed by atoms with van der Waals surface area (Å²) in [7, 11) is 0. The maximum absolute atomic E-state index is 5.78.